The fraction of sp³-hybridized carbons (Fsp3) is 0.562. The highest BCUT2D eigenvalue weighted by atomic mass is 16.4. The van der Waals surface area contributed by atoms with Crippen LogP contribution in [0.3, 0.4) is 0 Å². The average molecular weight is 261 g/mol. The third-order valence-electron chi connectivity index (χ3n) is 3.93. The van der Waals surface area contributed by atoms with Crippen molar-refractivity contribution in [3.63, 3.8) is 0 Å². The summed E-state index contributed by atoms with van der Waals surface area (Å²) in [5, 5.41) is 12.7. The van der Waals surface area contributed by atoms with Crippen molar-refractivity contribution in [2.24, 2.45) is 5.92 Å². The molecular formula is C16H23NO2. The van der Waals surface area contributed by atoms with E-state index in [0.29, 0.717) is 0 Å². The van der Waals surface area contributed by atoms with Gasteiger partial charge in [0.05, 0.1) is 0 Å². The standard InChI is InChI=1S/C16H23NO2/c1-11(2)15(16(18)19)17-14-10-6-4-8-12-7-3-5-9-13(12)14/h3,5,7,9,11,14-15,17H,4,6,8,10H2,1-2H3,(H,18,19). The molecule has 2 rings (SSSR count). The second-order valence-electron chi connectivity index (χ2n) is 5.72. The molecule has 0 amide bonds. The first kappa shape index (κ1) is 14.1. The molecule has 2 atom stereocenters. The summed E-state index contributed by atoms with van der Waals surface area (Å²) in [6.07, 6.45) is 4.46. The van der Waals surface area contributed by atoms with Crippen LogP contribution in [-0.4, -0.2) is 17.1 Å². The molecule has 1 aromatic carbocycles. The lowest BCUT2D eigenvalue weighted by molar-refractivity contribution is -0.140. The minimum Gasteiger partial charge on any atom is -0.480 e. The van der Waals surface area contributed by atoms with E-state index >= 15 is 0 Å². The molecule has 0 saturated carbocycles. The summed E-state index contributed by atoms with van der Waals surface area (Å²) in [6.45, 7) is 3.91. The zero-order chi connectivity index (χ0) is 13.8. The summed E-state index contributed by atoms with van der Waals surface area (Å²) in [6, 6.07) is 8.11. The summed E-state index contributed by atoms with van der Waals surface area (Å²) >= 11 is 0. The van der Waals surface area contributed by atoms with Crippen LogP contribution in [0.2, 0.25) is 0 Å². The van der Waals surface area contributed by atoms with Crippen molar-refractivity contribution in [3.05, 3.63) is 35.4 Å². The third kappa shape index (κ3) is 3.35. The van der Waals surface area contributed by atoms with Crippen LogP contribution in [0.25, 0.3) is 0 Å². The van der Waals surface area contributed by atoms with Crippen LogP contribution in [0.5, 0.6) is 0 Å². The molecule has 0 heterocycles. The Labute approximate surface area is 115 Å². The Morgan fingerprint density at radius 3 is 2.74 bits per heavy atom. The Morgan fingerprint density at radius 1 is 1.32 bits per heavy atom. The van der Waals surface area contributed by atoms with Crippen LogP contribution in [-0.2, 0) is 11.2 Å². The number of carbonyl (C=O) groups is 1. The lowest BCUT2D eigenvalue weighted by atomic mass is 9.96. The van der Waals surface area contributed by atoms with Crippen LogP contribution >= 0.6 is 0 Å². The number of nitrogens with one attached hydrogen (secondary N) is 1. The fourth-order valence-corrected chi connectivity index (χ4v) is 2.86. The molecule has 0 bridgehead atoms. The zero-order valence-electron chi connectivity index (χ0n) is 11.7. The van der Waals surface area contributed by atoms with E-state index in [-0.39, 0.29) is 12.0 Å². The smallest absolute Gasteiger partial charge is 0.320 e. The van der Waals surface area contributed by atoms with E-state index in [4.69, 9.17) is 0 Å². The van der Waals surface area contributed by atoms with E-state index in [9.17, 15) is 9.90 Å². The van der Waals surface area contributed by atoms with Crippen molar-refractivity contribution in [2.75, 3.05) is 0 Å². The van der Waals surface area contributed by atoms with E-state index in [2.05, 4.69) is 23.5 Å². The molecule has 3 heteroatoms. The maximum absolute atomic E-state index is 11.4. The highest BCUT2D eigenvalue weighted by Gasteiger charge is 2.27. The number of hydrogen-bond acceptors (Lipinski definition) is 2. The molecule has 0 spiro atoms. The van der Waals surface area contributed by atoms with Crippen LogP contribution < -0.4 is 5.32 Å². The summed E-state index contributed by atoms with van der Waals surface area (Å²) in [4.78, 5) is 11.4. The Hall–Kier alpha value is -1.35. The lowest BCUT2D eigenvalue weighted by Gasteiger charge is -2.26. The van der Waals surface area contributed by atoms with Crippen LogP contribution in [0.4, 0.5) is 0 Å². The first-order valence-corrected chi connectivity index (χ1v) is 7.16. The minimum absolute atomic E-state index is 0.0907. The second-order valence-corrected chi connectivity index (χ2v) is 5.72. The number of carboxylic acids is 1. The normalized spacial score (nSPS) is 20.7. The molecule has 0 saturated heterocycles. The number of carboxylic acid groups (broad SMARTS) is 1. The fourth-order valence-electron chi connectivity index (χ4n) is 2.86. The minimum atomic E-state index is -0.753. The molecule has 0 radical (unpaired) electrons. The van der Waals surface area contributed by atoms with E-state index in [1.165, 1.54) is 17.5 Å². The van der Waals surface area contributed by atoms with Gasteiger partial charge in [-0.1, -0.05) is 44.5 Å². The van der Waals surface area contributed by atoms with Gasteiger partial charge in [-0.2, -0.15) is 0 Å². The van der Waals surface area contributed by atoms with E-state index in [1.54, 1.807) is 0 Å². The molecule has 3 nitrogen and oxygen atoms in total. The lowest BCUT2D eigenvalue weighted by Crippen LogP contribution is -2.43. The highest BCUT2D eigenvalue weighted by Crippen LogP contribution is 2.29. The van der Waals surface area contributed by atoms with Gasteiger partial charge in [-0.05, 0) is 36.3 Å². The van der Waals surface area contributed by atoms with Crippen molar-refractivity contribution >= 4 is 5.97 Å². The molecule has 1 aromatic rings. The SMILES string of the molecule is CC(C)C(NC1CCCCc2ccccc21)C(=O)O. The molecular weight excluding hydrogens is 238 g/mol. The quantitative estimate of drug-likeness (QED) is 0.819. The van der Waals surface area contributed by atoms with Gasteiger partial charge in [0, 0.05) is 6.04 Å². The number of hydrogen-bond donors (Lipinski definition) is 2. The van der Waals surface area contributed by atoms with Crippen molar-refractivity contribution in [3.8, 4) is 0 Å². The molecule has 104 valence electrons. The van der Waals surface area contributed by atoms with Crippen molar-refractivity contribution in [1.29, 1.82) is 0 Å². The third-order valence-corrected chi connectivity index (χ3v) is 3.93. The second kappa shape index (κ2) is 6.20. The van der Waals surface area contributed by atoms with Crippen molar-refractivity contribution in [2.45, 2.75) is 51.6 Å². The Kier molecular flexibility index (Phi) is 4.59. The number of rotatable bonds is 4. The molecule has 1 aliphatic carbocycles. The summed E-state index contributed by atoms with van der Waals surface area (Å²) in [7, 11) is 0. The number of aryl methyl sites for hydroxylation is 1. The average Bonchev–Trinajstić information content (AvgIpc) is 2.57. The number of benzene rings is 1. The van der Waals surface area contributed by atoms with Crippen LogP contribution in [0.1, 0.15) is 50.3 Å². The van der Waals surface area contributed by atoms with Gasteiger partial charge in [-0.3, -0.25) is 10.1 Å². The Balaban J connectivity index is 2.22. The maximum Gasteiger partial charge on any atom is 0.320 e. The summed E-state index contributed by atoms with van der Waals surface area (Å²) in [5.41, 5.74) is 2.65. The predicted molar refractivity (Wildman–Crippen MR) is 76.1 cm³/mol. The van der Waals surface area contributed by atoms with Gasteiger partial charge in [0.25, 0.3) is 0 Å². The van der Waals surface area contributed by atoms with Gasteiger partial charge >= 0.3 is 5.97 Å². The van der Waals surface area contributed by atoms with E-state index < -0.39 is 12.0 Å². The largest absolute Gasteiger partial charge is 0.480 e. The van der Waals surface area contributed by atoms with Crippen molar-refractivity contribution < 1.29 is 9.90 Å². The first-order chi connectivity index (χ1) is 9.09. The molecule has 1 aliphatic rings. The van der Waals surface area contributed by atoms with Gasteiger partial charge < -0.3 is 5.11 Å². The van der Waals surface area contributed by atoms with Gasteiger partial charge in [-0.15, -0.1) is 0 Å². The molecule has 19 heavy (non-hydrogen) atoms. The molecule has 0 aliphatic heterocycles. The first-order valence-electron chi connectivity index (χ1n) is 7.16. The Bertz CT molecular complexity index is 442. The monoisotopic (exact) mass is 261 g/mol. The molecule has 0 fully saturated rings. The predicted octanol–water partition coefficient (Wildman–Crippen LogP) is 3.15. The van der Waals surface area contributed by atoms with Gasteiger partial charge in [-0.25, -0.2) is 0 Å². The van der Waals surface area contributed by atoms with Gasteiger partial charge in [0.2, 0.25) is 0 Å². The number of fused-ring (bicyclic) bond motifs is 1. The van der Waals surface area contributed by atoms with Gasteiger partial charge in [0.15, 0.2) is 0 Å². The highest BCUT2D eigenvalue weighted by molar-refractivity contribution is 5.73. The summed E-state index contributed by atoms with van der Waals surface area (Å²) in [5.74, 6) is -0.662. The maximum atomic E-state index is 11.4. The number of aliphatic carboxylic acids is 1. The topological polar surface area (TPSA) is 49.3 Å². The van der Waals surface area contributed by atoms with E-state index in [1.807, 2.05) is 19.9 Å². The van der Waals surface area contributed by atoms with Crippen LogP contribution in [0.15, 0.2) is 24.3 Å². The van der Waals surface area contributed by atoms with Gasteiger partial charge in [0.1, 0.15) is 6.04 Å². The molecule has 2 unspecified atom stereocenters. The summed E-state index contributed by atoms with van der Waals surface area (Å²) < 4.78 is 0. The zero-order valence-corrected chi connectivity index (χ0v) is 11.7. The molecule has 2 N–H and O–H groups in total. The van der Waals surface area contributed by atoms with E-state index in [0.717, 1.165) is 19.3 Å². The van der Waals surface area contributed by atoms with Crippen molar-refractivity contribution in [1.82, 2.24) is 5.32 Å². The van der Waals surface area contributed by atoms with Crippen LogP contribution in [0, 0.1) is 5.92 Å². The molecule has 0 aromatic heterocycles. The Morgan fingerprint density at radius 2 is 2.05 bits per heavy atom.